The van der Waals surface area contributed by atoms with E-state index in [9.17, 15) is 14.0 Å². The van der Waals surface area contributed by atoms with Gasteiger partial charge >= 0.3 is 0 Å². The van der Waals surface area contributed by atoms with E-state index >= 15 is 0 Å². The van der Waals surface area contributed by atoms with Crippen molar-refractivity contribution in [1.82, 2.24) is 5.32 Å². The van der Waals surface area contributed by atoms with Crippen molar-refractivity contribution in [3.63, 3.8) is 0 Å². The number of amides is 2. The second-order valence-corrected chi connectivity index (χ2v) is 7.12. The molecule has 8 heteroatoms. The number of carbonyl (C=O) groups is 2. The van der Waals surface area contributed by atoms with Crippen LogP contribution >= 0.6 is 0 Å². The lowest BCUT2D eigenvalue weighted by molar-refractivity contribution is -0.122. The van der Waals surface area contributed by atoms with Gasteiger partial charge in [0.15, 0.2) is 17.6 Å². The largest absolute Gasteiger partial charge is 0.481 e. The second-order valence-electron chi connectivity index (χ2n) is 7.12. The predicted octanol–water partition coefficient (Wildman–Crippen LogP) is 3.89. The van der Waals surface area contributed by atoms with Crippen LogP contribution in [-0.2, 0) is 11.3 Å². The zero-order chi connectivity index (χ0) is 22.5. The standard InChI is InChI=1S/C24H21FN2O5/c1-15(32-18-9-7-17(25)8-10-18)23(28)27-20-5-3-2-4-19(20)24(29)26-13-16-6-11-21-22(12-16)31-14-30-21/h2-12,15H,13-14H2,1H3,(H,26,29)(H,27,28). The lowest BCUT2D eigenvalue weighted by Gasteiger charge is -2.16. The summed E-state index contributed by atoms with van der Waals surface area (Å²) in [6.45, 7) is 2.03. The van der Waals surface area contributed by atoms with E-state index in [-0.39, 0.29) is 19.2 Å². The molecule has 1 aliphatic heterocycles. The number of halogens is 1. The first-order chi connectivity index (χ1) is 15.5. The number of carbonyl (C=O) groups excluding carboxylic acids is 2. The van der Waals surface area contributed by atoms with Gasteiger partial charge in [0.2, 0.25) is 6.79 Å². The van der Waals surface area contributed by atoms with Crippen molar-refractivity contribution in [1.29, 1.82) is 0 Å². The Morgan fingerprint density at radius 1 is 1.03 bits per heavy atom. The van der Waals surface area contributed by atoms with Crippen molar-refractivity contribution in [3.05, 3.63) is 83.7 Å². The topological polar surface area (TPSA) is 85.9 Å². The molecule has 1 unspecified atom stereocenters. The van der Waals surface area contributed by atoms with Gasteiger partial charge in [0.1, 0.15) is 11.6 Å². The lowest BCUT2D eigenvalue weighted by Crippen LogP contribution is -2.31. The van der Waals surface area contributed by atoms with E-state index in [4.69, 9.17) is 14.2 Å². The summed E-state index contributed by atoms with van der Waals surface area (Å²) >= 11 is 0. The summed E-state index contributed by atoms with van der Waals surface area (Å²) in [5.74, 6) is 0.500. The Bertz CT molecular complexity index is 1130. The Hall–Kier alpha value is -4.07. The van der Waals surface area contributed by atoms with Crippen LogP contribution in [0.15, 0.2) is 66.7 Å². The van der Waals surface area contributed by atoms with Gasteiger partial charge in [-0.1, -0.05) is 18.2 Å². The molecule has 1 heterocycles. The minimum atomic E-state index is -0.856. The molecule has 7 nitrogen and oxygen atoms in total. The summed E-state index contributed by atoms with van der Waals surface area (Å²) in [6, 6.07) is 17.5. The summed E-state index contributed by atoms with van der Waals surface area (Å²) < 4.78 is 29.2. The SMILES string of the molecule is CC(Oc1ccc(F)cc1)C(=O)Nc1ccccc1C(=O)NCc1ccc2c(c1)OCO2. The number of fused-ring (bicyclic) bond motifs is 1. The maximum atomic E-state index is 13.0. The van der Waals surface area contributed by atoms with Gasteiger partial charge in [-0.05, 0) is 61.0 Å². The molecular formula is C24H21FN2O5. The predicted molar refractivity (Wildman–Crippen MR) is 115 cm³/mol. The van der Waals surface area contributed by atoms with Gasteiger partial charge in [-0.3, -0.25) is 9.59 Å². The first-order valence-electron chi connectivity index (χ1n) is 9.98. The highest BCUT2D eigenvalue weighted by molar-refractivity contribution is 6.04. The Morgan fingerprint density at radius 2 is 1.78 bits per heavy atom. The highest BCUT2D eigenvalue weighted by Crippen LogP contribution is 2.32. The number of benzene rings is 3. The molecule has 0 aromatic heterocycles. The molecule has 0 bridgehead atoms. The molecule has 32 heavy (non-hydrogen) atoms. The Labute approximate surface area is 184 Å². The van der Waals surface area contributed by atoms with Crippen molar-refractivity contribution in [3.8, 4) is 17.2 Å². The van der Waals surface area contributed by atoms with Gasteiger partial charge in [-0.2, -0.15) is 0 Å². The van der Waals surface area contributed by atoms with Gasteiger partial charge in [0.05, 0.1) is 11.3 Å². The molecule has 0 fully saturated rings. The van der Waals surface area contributed by atoms with E-state index in [2.05, 4.69) is 10.6 Å². The van der Waals surface area contributed by atoms with Crippen molar-refractivity contribution in [2.45, 2.75) is 19.6 Å². The van der Waals surface area contributed by atoms with Crippen LogP contribution in [0.5, 0.6) is 17.2 Å². The summed E-state index contributed by atoms with van der Waals surface area (Å²) in [6.07, 6.45) is -0.856. The van der Waals surface area contributed by atoms with Crippen LogP contribution in [0.3, 0.4) is 0 Å². The van der Waals surface area contributed by atoms with Gasteiger partial charge in [-0.25, -0.2) is 4.39 Å². The molecule has 2 amide bonds. The van der Waals surface area contributed by atoms with Crippen LogP contribution < -0.4 is 24.8 Å². The zero-order valence-electron chi connectivity index (χ0n) is 17.3. The Morgan fingerprint density at radius 3 is 2.59 bits per heavy atom. The lowest BCUT2D eigenvalue weighted by atomic mass is 10.1. The average molecular weight is 436 g/mol. The van der Waals surface area contributed by atoms with Gasteiger partial charge in [0, 0.05) is 6.54 Å². The molecule has 3 aromatic rings. The molecule has 1 aliphatic rings. The third-order valence-electron chi connectivity index (χ3n) is 4.82. The van der Waals surface area contributed by atoms with Gasteiger partial charge in [0.25, 0.3) is 11.8 Å². The van der Waals surface area contributed by atoms with Gasteiger partial charge < -0.3 is 24.8 Å². The van der Waals surface area contributed by atoms with E-state index in [0.29, 0.717) is 28.5 Å². The monoisotopic (exact) mass is 436 g/mol. The Kier molecular flexibility index (Phi) is 6.21. The van der Waals surface area contributed by atoms with E-state index in [1.807, 2.05) is 12.1 Å². The van der Waals surface area contributed by atoms with E-state index < -0.39 is 17.8 Å². The highest BCUT2D eigenvalue weighted by Gasteiger charge is 2.19. The summed E-state index contributed by atoms with van der Waals surface area (Å²) in [5, 5.41) is 5.56. The zero-order valence-corrected chi connectivity index (χ0v) is 17.3. The number of rotatable bonds is 7. The van der Waals surface area contributed by atoms with Crippen LogP contribution in [-0.4, -0.2) is 24.7 Å². The van der Waals surface area contributed by atoms with Crippen LogP contribution in [0.1, 0.15) is 22.8 Å². The molecule has 0 radical (unpaired) electrons. The average Bonchev–Trinajstić information content (AvgIpc) is 3.27. The fourth-order valence-corrected chi connectivity index (χ4v) is 3.12. The molecule has 0 aliphatic carbocycles. The minimum Gasteiger partial charge on any atom is -0.481 e. The smallest absolute Gasteiger partial charge is 0.265 e. The van der Waals surface area contributed by atoms with Crippen LogP contribution in [0.4, 0.5) is 10.1 Å². The molecule has 4 rings (SSSR count). The van der Waals surface area contributed by atoms with E-state index in [1.165, 1.54) is 24.3 Å². The maximum absolute atomic E-state index is 13.0. The fraction of sp³-hybridized carbons (Fsp3) is 0.167. The fourth-order valence-electron chi connectivity index (χ4n) is 3.12. The molecule has 1 atom stereocenters. The molecular weight excluding hydrogens is 415 g/mol. The van der Waals surface area contributed by atoms with Crippen LogP contribution in [0.2, 0.25) is 0 Å². The molecule has 164 valence electrons. The molecule has 2 N–H and O–H groups in total. The summed E-state index contributed by atoms with van der Waals surface area (Å²) in [7, 11) is 0. The molecule has 0 saturated carbocycles. The molecule has 0 spiro atoms. The number of para-hydroxylation sites is 1. The van der Waals surface area contributed by atoms with E-state index in [1.54, 1.807) is 37.3 Å². The third-order valence-corrected chi connectivity index (χ3v) is 4.82. The molecule has 3 aromatic carbocycles. The first kappa shape index (κ1) is 21.2. The van der Waals surface area contributed by atoms with Crippen molar-refractivity contribution < 1.29 is 28.2 Å². The van der Waals surface area contributed by atoms with Crippen LogP contribution in [0, 0.1) is 5.82 Å². The van der Waals surface area contributed by atoms with Crippen molar-refractivity contribution >= 4 is 17.5 Å². The molecule has 0 saturated heterocycles. The number of hydrogen-bond acceptors (Lipinski definition) is 5. The third kappa shape index (κ3) is 4.97. The summed E-state index contributed by atoms with van der Waals surface area (Å²) in [5.41, 5.74) is 1.52. The quantitative estimate of drug-likeness (QED) is 0.587. The number of nitrogens with one attached hydrogen (secondary N) is 2. The number of hydrogen-bond donors (Lipinski definition) is 2. The summed E-state index contributed by atoms with van der Waals surface area (Å²) in [4.78, 5) is 25.3. The second kappa shape index (κ2) is 9.38. The van der Waals surface area contributed by atoms with Gasteiger partial charge in [-0.15, -0.1) is 0 Å². The normalized spacial score (nSPS) is 12.7. The van der Waals surface area contributed by atoms with Crippen molar-refractivity contribution in [2.24, 2.45) is 0 Å². The Balaban J connectivity index is 1.38. The van der Waals surface area contributed by atoms with E-state index in [0.717, 1.165) is 5.56 Å². The number of ether oxygens (including phenoxy) is 3. The maximum Gasteiger partial charge on any atom is 0.265 e. The van der Waals surface area contributed by atoms with Crippen LogP contribution in [0.25, 0.3) is 0 Å². The minimum absolute atomic E-state index is 0.182. The number of anilines is 1. The first-order valence-corrected chi connectivity index (χ1v) is 9.98. The highest BCUT2D eigenvalue weighted by atomic mass is 19.1. The van der Waals surface area contributed by atoms with Crippen molar-refractivity contribution in [2.75, 3.05) is 12.1 Å².